The third-order valence-corrected chi connectivity index (χ3v) is 5.91. The van der Waals surface area contributed by atoms with E-state index in [0.717, 1.165) is 15.9 Å². The molecule has 0 saturated carbocycles. The van der Waals surface area contributed by atoms with Crippen LogP contribution in [0, 0.1) is 0 Å². The number of hydrogen-bond acceptors (Lipinski definition) is 8. The van der Waals surface area contributed by atoms with Crippen molar-refractivity contribution in [3.63, 3.8) is 0 Å². The van der Waals surface area contributed by atoms with E-state index in [4.69, 9.17) is 5.11 Å². The van der Waals surface area contributed by atoms with Crippen LogP contribution in [0.4, 0.5) is 10.5 Å². The van der Waals surface area contributed by atoms with Gasteiger partial charge in [-0.15, -0.1) is 11.3 Å². The number of thiophene rings is 1. The van der Waals surface area contributed by atoms with Crippen molar-refractivity contribution in [2.24, 2.45) is 7.05 Å². The van der Waals surface area contributed by atoms with Crippen molar-refractivity contribution < 1.29 is 28.2 Å². The Bertz CT molecular complexity index is 1220. The lowest BCUT2D eigenvalue weighted by molar-refractivity contribution is 0.140. The van der Waals surface area contributed by atoms with E-state index in [-0.39, 0.29) is 22.1 Å². The van der Waals surface area contributed by atoms with E-state index in [0.29, 0.717) is 5.56 Å². The molecule has 0 aliphatic carbocycles. The van der Waals surface area contributed by atoms with Gasteiger partial charge in [-0.3, -0.25) is 14.1 Å². The number of sulfonamides is 1. The van der Waals surface area contributed by atoms with Gasteiger partial charge < -0.3 is 14.9 Å². The van der Waals surface area contributed by atoms with Crippen molar-refractivity contribution in [3.05, 3.63) is 57.7 Å². The van der Waals surface area contributed by atoms with E-state index < -0.39 is 33.4 Å². The van der Waals surface area contributed by atoms with Gasteiger partial charge in [-0.2, -0.15) is 4.98 Å². The second-order valence-electron chi connectivity index (χ2n) is 5.83. The molecule has 0 saturated heterocycles. The molecular weight excluding hydrogens is 422 g/mol. The van der Waals surface area contributed by atoms with E-state index in [2.05, 4.69) is 14.4 Å². The van der Waals surface area contributed by atoms with Crippen LogP contribution in [0.2, 0.25) is 0 Å². The van der Waals surface area contributed by atoms with Gasteiger partial charge >= 0.3 is 6.16 Å². The fraction of sp³-hybridized carbons (Fsp3) is 0.118. The number of aromatic hydroxyl groups is 1. The van der Waals surface area contributed by atoms with Crippen LogP contribution in [0.25, 0.3) is 10.7 Å². The van der Waals surface area contributed by atoms with E-state index in [1.807, 2.05) is 0 Å². The maximum absolute atomic E-state index is 12.5. The molecule has 29 heavy (non-hydrogen) atoms. The molecule has 0 atom stereocenters. The summed E-state index contributed by atoms with van der Waals surface area (Å²) in [6.45, 7) is 0. The largest absolute Gasteiger partial charge is 0.512 e. The SMILES string of the molecule is Cn1c(-c2sccc2NS(=O)(=O)Cc2ccccc2)nc(OC(=O)O)c(O)c1=O. The molecule has 12 heteroatoms. The third-order valence-electron chi connectivity index (χ3n) is 3.75. The van der Waals surface area contributed by atoms with Crippen molar-refractivity contribution in [2.75, 3.05) is 4.72 Å². The lowest BCUT2D eigenvalue weighted by atomic mass is 10.2. The molecule has 2 aromatic heterocycles. The van der Waals surface area contributed by atoms with Crippen LogP contribution in [-0.2, 0) is 22.8 Å². The van der Waals surface area contributed by atoms with Gasteiger partial charge in [-0.1, -0.05) is 30.3 Å². The molecule has 0 bridgehead atoms. The molecule has 3 aromatic rings. The second-order valence-corrected chi connectivity index (χ2v) is 8.47. The normalized spacial score (nSPS) is 11.2. The molecule has 10 nitrogen and oxygen atoms in total. The molecule has 2 heterocycles. The number of nitrogens with zero attached hydrogens (tertiary/aromatic N) is 2. The number of anilines is 1. The van der Waals surface area contributed by atoms with Crippen LogP contribution in [0.15, 0.2) is 46.6 Å². The summed E-state index contributed by atoms with van der Waals surface area (Å²) in [6, 6.07) is 10.1. The average molecular weight is 437 g/mol. The highest BCUT2D eigenvalue weighted by Crippen LogP contribution is 2.34. The second kappa shape index (κ2) is 7.93. The lowest BCUT2D eigenvalue weighted by Crippen LogP contribution is -2.22. The van der Waals surface area contributed by atoms with Gasteiger partial charge in [0.05, 0.1) is 16.3 Å². The smallest absolute Gasteiger partial charge is 0.499 e. The Labute approximate surface area is 168 Å². The minimum absolute atomic E-state index is 0.0727. The Morgan fingerprint density at radius 3 is 2.62 bits per heavy atom. The van der Waals surface area contributed by atoms with Gasteiger partial charge in [0.25, 0.3) is 11.4 Å². The van der Waals surface area contributed by atoms with Crippen LogP contribution in [0.1, 0.15) is 5.56 Å². The summed E-state index contributed by atoms with van der Waals surface area (Å²) in [5, 5.41) is 20.1. The van der Waals surface area contributed by atoms with E-state index in [9.17, 15) is 23.1 Å². The zero-order valence-corrected chi connectivity index (χ0v) is 16.5. The number of carbonyl (C=O) groups is 1. The molecule has 0 radical (unpaired) electrons. The van der Waals surface area contributed by atoms with Crippen LogP contribution in [0.3, 0.4) is 0 Å². The molecule has 0 fully saturated rings. The first-order valence-electron chi connectivity index (χ1n) is 8.01. The fourth-order valence-corrected chi connectivity index (χ4v) is 4.64. The number of aromatic nitrogens is 2. The number of nitrogens with one attached hydrogen (secondary N) is 1. The molecule has 0 unspecified atom stereocenters. The molecule has 3 rings (SSSR count). The Hall–Kier alpha value is -3.38. The number of ether oxygens (including phenoxy) is 1. The molecular formula is C17H15N3O7S2. The molecule has 152 valence electrons. The first-order chi connectivity index (χ1) is 13.7. The van der Waals surface area contributed by atoms with E-state index in [1.54, 1.807) is 35.7 Å². The van der Waals surface area contributed by atoms with Crippen LogP contribution < -0.4 is 15.0 Å². The molecule has 1 aromatic carbocycles. The molecule has 0 amide bonds. The van der Waals surface area contributed by atoms with Crippen molar-refractivity contribution in [2.45, 2.75) is 5.75 Å². The zero-order chi connectivity index (χ0) is 21.2. The van der Waals surface area contributed by atoms with Crippen LogP contribution >= 0.6 is 11.3 Å². The summed E-state index contributed by atoms with van der Waals surface area (Å²) < 4.78 is 32.8. The predicted octanol–water partition coefficient (Wildman–Crippen LogP) is 2.21. The molecule has 0 aliphatic rings. The number of rotatable bonds is 6. The highest BCUT2D eigenvalue weighted by atomic mass is 32.2. The van der Waals surface area contributed by atoms with Gasteiger partial charge in [-0.05, 0) is 17.0 Å². The number of benzene rings is 1. The summed E-state index contributed by atoms with van der Waals surface area (Å²) in [5.41, 5.74) is -0.206. The maximum atomic E-state index is 12.5. The van der Waals surface area contributed by atoms with Gasteiger partial charge in [0, 0.05) is 7.05 Å². The van der Waals surface area contributed by atoms with Gasteiger partial charge in [0.2, 0.25) is 15.8 Å². The first-order valence-corrected chi connectivity index (χ1v) is 10.5. The summed E-state index contributed by atoms with van der Waals surface area (Å²) in [4.78, 5) is 27.1. The summed E-state index contributed by atoms with van der Waals surface area (Å²) in [5.74, 6) is -2.10. The Morgan fingerprint density at radius 1 is 1.28 bits per heavy atom. The summed E-state index contributed by atoms with van der Waals surface area (Å²) in [7, 11) is -2.48. The molecule has 0 aliphatic heterocycles. The van der Waals surface area contributed by atoms with Crippen molar-refractivity contribution in [3.8, 4) is 22.3 Å². The Balaban J connectivity index is 1.99. The first kappa shape index (κ1) is 20.4. The monoisotopic (exact) mass is 437 g/mol. The standard InChI is InChI=1S/C17H15N3O7S2/c1-20-14(18-15(27-17(23)24)12(21)16(20)22)13-11(7-8-28-13)19-29(25,26)9-10-5-3-2-4-6-10/h2-8,19,21H,9H2,1H3,(H,23,24). The van der Waals surface area contributed by atoms with Crippen molar-refractivity contribution in [1.82, 2.24) is 9.55 Å². The number of hydrogen-bond donors (Lipinski definition) is 3. The summed E-state index contributed by atoms with van der Waals surface area (Å²) in [6.07, 6.45) is -1.76. The van der Waals surface area contributed by atoms with Gasteiger partial charge in [-0.25, -0.2) is 13.2 Å². The maximum Gasteiger partial charge on any atom is 0.512 e. The Kier molecular flexibility index (Phi) is 5.57. The molecule has 3 N–H and O–H groups in total. The summed E-state index contributed by atoms with van der Waals surface area (Å²) >= 11 is 1.07. The predicted molar refractivity (Wildman–Crippen MR) is 106 cm³/mol. The average Bonchev–Trinajstić information content (AvgIpc) is 3.09. The highest BCUT2D eigenvalue weighted by Gasteiger charge is 2.23. The number of carboxylic acid groups (broad SMARTS) is 1. The zero-order valence-electron chi connectivity index (χ0n) is 14.9. The molecule has 0 spiro atoms. The van der Waals surface area contributed by atoms with E-state index in [1.165, 1.54) is 13.1 Å². The third kappa shape index (κ3) is 4.55. The minimum Gasteiger partial charge on any atom is -0.499 e. The fourth-order valence-electron chi connectivity index (χ4n) is 2.49. The van der Waals surface area contributed by atoms with Gasteiger partial charge in [0.1, 0.15) is 0 Å². The van der Waals surface area contributed by atoms with Crippen LogP contribution in [0.5, 0.6) is 11.6 Å². The van der Waals surface area contributed by atoms with Crippen molar-refractivity contribution >= 4 is 33.2 Å². The lowest BCUT2D eigenvalue weighted by Gasteiger charge is -2.12. The minimum atomic E-state index is -3.78. The van der Waals surface area contributed by atoms with Gasteiger partial charge in [0.15, 0.2) is 5.82 Å². The Morgan fingerprint density at radius 2 is 1.97 bits per heavy atom. The van der Waals surface area contributed by atoms with E-state index >= 15 is 0 Å². The van der Waals surface area contributed by atoms with Crippen LogP contribution in [-0.4, -0.2) is 34.3 Å². The quantitative estimate of drug-likeness (QED) is 0.497. The highest BCUT2D eigenvalue weighted by molar-refractivity contribution is 7.92. The topological polar surface area (TPSA) is 148 Å². The van der Waals surface area contributed by atoms with Crippen molar-refractivity contribution in [1.29, 1.82) is 0 Å².